The lowest BCUT2D eigenvalue weighted by Crippen LogP contribution is -2.26. The maximum Gasteiger partial charge on any atom is 0.417 e. The van der Waals surface area contributed by atoms with Crippen LogP contribution in [0.2, 0.25) is 0 Å². The maximum absolute atomic E-state index is 13.5. The molecule has 148 valence electrons. The van der Waals surface area contributed by atoms with Crippen molar-refractivity contribution in [2.24, 2.45) is 0 Å². The monoisotopic (exact) mass is 398 g/mol. The van der Waals surface area contributed by atoms with Crippen LogP contribution >= 0.6 is 8.58 Å². The summed E-state index contributed by atoms with van der Waals surface area (Å²) in [6.07, 6.45) is -2.94. The number of hydrogen-bond donors (Lipinski definition) is 0. The van der Waals surface area contributed by atoms with E-state index in [0.717, 1.165) is 17.2 Å². The highest BCUT2D eigenvalue weighted by Gasteiger charge is 2.37. The van der Waals surface area contributed by atoms with Crippen LogP contribution in [0.3, 0.4) is 0 Å². The van der Waals surface area contributed by atoms with Gasteiger partial charge >= 0.3 is 6.18 Å². The number of halogens is 3. The number of aryl methyl sites for hydroxylation is 1. The number of benzene rings is 2. The number of rotatable bonds is 8. The Morgan fingerprint density at radius 2 is 1.63 bits per heavy atom. The van der Waals surface area contributed by atoms with Gasteiger partial charge in [-0.1, -0.05) is 58.3 Å². The number of ether oxygens (including phenoxy) is 2. The smallest absolute Gasteiger partial charge is 0.417 e. The Balaban J connectivity index is 2.56. The highest BCUT2D eigenvalue weighted by atomic mass is 31.1. The van der Waals surface area contributed by atoms with Crippen molar-refractivity contribution in [1.29, 1.82) is 0 Å². The van der Waals surface area contributed by atoms with Crippen LogP contribution < -0.4 is 10.0 Å². The molecule has 27 heavy (non-hydrogen) atoms. The van der Waals surface area contributed by atoms with E-state index >= 15 is 0 Å². The Kier molecular flexibility index (Phi) is 7.30. The quantitative estimate of drug-likeness (QED) is 0.400. The van der Waals surface area contributed by atoms with Crippen molar-refractivity contribution in [3.05, 3.63) is 59.2 Å². The first kappa shape index (κ1) is 21.7. The van der Waals surface area contributed by atoms with Crippen molar-refractivity contribution in [2.75, 3.05) is 13.9 Å². The van der Waals surface area contributed by atoms with Gasteiger partial charge in [0, 0.05) is 17.8 Å². The van der Waals surface area contributed by atoms with Crippen LogP contribution in [-0.2, 0) is 16.1 Å². The molecule has 0 aliphatic rings. The SMILES string of the molecule is CCC(CC)(Pc1ccccc1C(F)(F)F)c1cc(C)ccc1OCOC. The molecule has 6 heteroatoms. The number of hydrogen-bond acceptors (Lipinski definition) is 2. The van der Waals surface area contributed by atoms with Gasteiger partial charge in [0.15, 0.2) is 6.79 Å². The fourth-order valence-electron chi connectivity index (χ4n) is 3.24. The molecule has 0 aliphatic heterocycles. The van der Waals surface area contributed by atoms with Gasteiger partial charge in [-0.2, -0.15) is 13.2 Å². The molecular formula is C21H26F3O2P. The number of methoxy groups -OCH3 is 1. The zero-order valence-electron chi connectivity index (χ0n) is 16.1. The van der Waals surface area contributed by atoms with Crippen molar-refractivity contribution in [3.63, 3.8) is 0 Å². The molecule has 0 radical (unpaired) electrons. The summed E-state index contributed by atoms with van der Waals surface area (Å²) in [6, 6.07) is 11.7. The highest BCUT2D eigenvalue weighted by Crippen LogP contribution is 2.51. The van der Waals surface area contributed by atoms with Gasteiger partial charge in [0.25, 0.3) is 0 Å². The van der Waals surface area contributed by atoms with Crippen LogP contribution in [0.1, 0.15) is 43.4 Å². The van der Waals surface area contributed by atoms with E-state index in [9.17, 15) is 13.2 Å². The van der Waals surface area contributed by atoms with Crippen LogP contribution in [0.4, 0.5) is 13.2 Å². The van der Waals surface area contributed by atoms with Crippen molar-refractivity contribution in [3.8, 4) is 5.75 Å². The standard InChI is InChI=1S/C21H26F3O2P/c1-5-20(6-2,17-13-15(3)11-12-18(17)26-14-25-4)27-19-10-8-7-9-16(19)21(22,23)24/h7-13,27H,5-6,14H2,1-4H3. The lowest BCUT2D eigenvalue weighted by atomic mass is 9.90. The van der Waals surface area contributed by atoms with Crippen molar-refractivity contribution >= 4 is 13.9 Å². The van der Waals surface area contributed by atoms with Crippen LogP contribution in [-0.4, -0.2) is 13.9 Å². The fraction of sp³-hybridized carbons (Fsp3) is 0.429. The fourth-order valence-corrected chi connectivity index (χ4v) is 4.98. The van der Waals surface area contributed by atoms with E-state index in [2.05, 4.69) is 0 Å². The van der Waals surface area contributed by atoms with Gasteiger partial charge in [0.2, 0.25) is 0 Å². The van der Waals surface area contributed by atoms with E-state index in [1.807, 2.05) is 39.0 Å². The van der Waals surface area contributed by atoms with Crippen LogP contribution in [0.5, 0.6) is 5.75 Å². The molecule has 0 spiro atoms. The van der Waals surface area contributed by atoms with Crippen molar-refractivity contribution < 1.29 is 22.6 Å². The van der Waals surface area contributed by atoms with Crippen LogP contribution in [0.15, 0.2) is 42.5 Å². The van der Waals surface area contributed by atoms with Crippen LogP contribution in [0, 0.1) is 6.92 Å². The molecule has 2 aromatic carbocycles. The first-order valence-electron chi connectivity index (χ1n) is 8.94. The molecule has 0 heterocycles. The molecule has 2 nitrogen and oxygen atoms in total. The Hall–Kier alpha value is -1.58. The molecule has 1 atom stereocenters. The minimum Gasteiger partial charge on any atom is -0.467 e. The van der Waals surface area contributed by atoms with Gasteiger partial charge < -0.3 is 9.47 Å². The molecule has 0 bridgehead atoms. The Bertz CT molecular complexity index is 755. The van der Waals surface area contributed by atoms with Gasteiger partial charge in [-0.3, -0.25) is 0 Å². The molecule has 0 N–H and O–H groups in total. The Labute approximate surface area is 160 Å². The maximum atomic E-state index is 13.5. The molecule has 0 saturated carbocycles. The predicted octanol–water partition coefficient (Wildman–Crippen LogP) is 6.02. The minimum atomic E-state index is -4.36. The molecule has 0 aliphatic carbocycles. The average Bonchev–Trinajstić information content (AvgIpc) is 2.65. The second-order valence-electron chi connectivity index (χ2n) is 6.51. The average molecular weight is 398 g/mol. The Morgan fingerprint density at radius 1 is 0.963 bits per heavy atom. The van der Waals surface area contributed by atoms with Gasteiger partial charge in [-0.05, 0) is 37.2 Å². The molecule has 0 amide bonds. The third-order valence-corrected chi connectivity index (χ3v) is 6.96. The third kappa shape index (κ3) is 5.03. The topological polar surface area (TPSA) is 18.5 Å². The molecule has 0 saturated heterocycles. The highest BCUT2D eigenvalue weighted by molar-refractivity contribution is 7.48. The van der Waals surface area contributed by atoms with Gasteiger partial charge in [-0.15, -0.1) is 0 Å². The van der Waals surface area contributed by atoms with E-state index in [4.69, 9.17) is 9.47 Å². The first-order chi connectivity index (χ1) is 12.8. The largest absolute Gasteiger partial charge is 0.467 e. The Morgan fingerprint density at radius 3 is 2.22 bits per heavy atom. The summed E-state index contributed by atoms with van der Waals surface area (Å²) >= 11 is 0. The summed E-state index contributed by atoms with van der Waals surface area (Å²) in [5.74, 6) is 0.670. The summed E-state index contributed by atoms with van der Waals surface area (Å²) in [4.78, 5) is 0. The molecular weight excluding hydrogens is 372 g/mol. The second-order valence-corrected chi connectivity index (χ2v) is 8.25. The molecule has 2 aromatic rings. The first-order valence-corrected chi connectivity index (χ1v) is 9.94. The van der Waals surface area contributed by atoms with Gasteiger partial charge in [0.05, 0.1) is 5.56 Å². The van der Waals surface area contributed by atoms with Crippen LogP contribution in [0.25, 0.3) is 0 Å². The summed E-state index contributed by atoms with van der Waals surface area (Å²) in [6.45, 7) is 6.12. The molecule has 2 rings (SSSR count). The molecule has 1 unspecified atom stereocenters. The van der Waals surface area contributed by atoms with Crippen molar-refractivity contribution in [2.45, 2.75) is 44.9 Å². The van der Waals surface area contributed by atoms with E-state index in [1.165, 1.54) is 6.07 Å². The summed E-state index contributed by atoms with van der Waals surface area (Å²) in [5.41, 5.74) is 1.44. The van der Waals surface area contributed by atoms with E-state index in [0.29, 0.717) is 23.9 Å². The summed E-state index contributed by atoms with van der Waals surface area (Å²) in [7, 11) is 1.52. The van der Waals surface area contributed by atoms with Gasteiger partial charge in [0.1, 0.15) is 5.75 Å². The normalized spacial score (nSPS) is 12.7. The zero-order valence-corrected chi connectivity index (χ0v) is 17.1. The predicted molar refractivity (Wildman–Crippen MR) is 105 cm³/mol. The molecule has 0 fully saturated rings. The number of alkyl halides is 3. The lowest BCUT2D eigenvalue weighted by molar-refractivity contribution is -0.136. The zero-order chi connectivity index (χ0) is 20.1. The van der Waals surface area contributed by atoms with Crippen molar-refractivity contribution in [1.82, 2.24) is 0 Å². The third-order valence-electron chi connectivity index (χ3n) is 4.80. The second kappa shape index (κ2) is 9.07. The minimum absolute atomic E-state index is 0.0273. The molecule has 0 aromatic heterocycles. The van der Waals surface area contributed by atoms with Gasteiger partial charge in [-0.25, -0.2) is 0 Å². The summed E-state index contributed by atoms with van der Waals surface area (Å²) in [5, 5.41) is -0.0934. The van der Waals surface area contributed by atoms with E-state index < -0.39 is 16.9 Å². The van der Waals surface area contributed by atoms with E-state index in [-0.39, 0.29) is 15.4 Å². The lowest BCUT2D eigenvalue weighted by Gasteiger charge is -2.35. The summed E-state index contributed by atoms with van der Waals surface area (Å²) < 4.78 is 51.3. The van der Waals surface area contributed by atoms with E-state index in [1.54, 1.807) is 19.2 Å².